The highest BCUT2D eigenvalue weighted by atomic mass is 19.1. The fraction of sp³-hybridized carbons (Fsp3) is 0.0645. The first-order valence-corrected chi connectivity index (χ1v) is 11.6. The Balaban J connectivity index is 1.48. The molecule has 1 aromatic heterocycles. The molecule has 1 N–H and O–H groups in total. The van der Waals surface area contributed by atoms with Gasteiger partial charge in [-0.15, -0.1) is 0 Å². The second-order valence-electron chi connectivity index (χ2n) is 8.58. The molecule has 0 atom stereocenters. The normalized spacial score (nSPS) is 11.5. The predicted molar refractivity (Wildman–Crippen MR) is 142 cm³/mol. The summed E-state index contributed by atoms with van der Waals surface area (Å²) >= 11 is 0. The summed E-state index contributed by atoms with van der Waals surface area (Å²) in [6.45, 7) is 1.75. The SMILES string of the molecule is COc1cc2occ(-c3ccc(-c4ccccc4)cc3)c2cc1/C(C)=C/C(=O)Nc1cc(F)ccc1F. The molecule has 0 saturated carbocycles. The third kappa shape index (κ3) is 5.00. The first-order valence-electron chi connectivity index (χ1n) is 11.6. The van der Waals surface area contributed by atoms with E-state index < -0.39 is 17.5 Å². The van der Waals surface area contributed by atoms with Crippen LogP contribution in [0.3, 0.4) is 0 Å². The zero-order valence-electron chi connectivity index (χ0n) is 20.2. The number of fused-ring (bicyclic) bond motifs is 1. The molecule has 0 aliphatic carbocycles. The highest BCUT2D eigenvalue weighted by Crippen LogP contribution is 2.38. The van der Waals surface area contributed by atoms with Crippen LogP contribution in [0.1, 0.15) is 12.5 Å². The molecule has 0 aliphatic rings. The maximum atomic E-state index is 13.9. The maximum absolute atomic E-state index is 13.9. The van der Waals surface area contributed by atoms with Crippen LogP contribution in [0.4, 0.5) is 14.5 Å². The quantitative estimate of drug-likeness (QED) is 0.242. The molecule has 0 unspecified atom stereocenters. The van der Waals surface area contributed by atoms with Crippen molar-refractivity contribution in [2.45, 2.75) is 6.92 Å². The number of hydrogen-bond acceptors (Lipinski definition) is 3. The Kier molecular flexibility index (Phi) is 6.56. The van der Waals surface area contributed by atoms with Gasteiger partial charge in [0.05, 0.1) is 19.1 Å². The van der Waals surface area contributed by atoms with E-state index in [0.29, 0.717) is 22.5 Å². The van der Waals surface area contributed by atoms with Gasteiger partial charge in [-0.3, -0.25) is 4.79 Å². The number of nitrogens with one attached hydrogen (secondary N) is 1. The Hall–Kier alpha value is -4.71. The number of amides is 1. The van der Waals surface area contributed by atoms with Crippen LogP contribution in [0.25, 0.3) is 38.8 Å². The molecule has 0 radical (unpaired) electrons. The van der Waals surface area contributed by atoms with Gasteiger partial charge in [-0.05, 0) is 47.4 Å². The van der Waals surface area contributed by atoms with E-state index in [-0.39, 0.29) is 5.69 Å². The van der Waals surface area contributed by atoms with E-state index in [1.54, 1.807) is 19.3 Å². The minimum absolute atomic E-state index is 0.229. The summed E-state index contributed by atoms with van der Waals surface area (Å²) in [6, 6.07) is 24.9. The average molecular weight is 496 g/mol. The number of rotatable bonds is 6. The largest absolute Gasteiger partial charge is 0.496 e. The molecule has 37 heavy (non-hydrogen) atoms. The van der Waals surface area contributed by atoms with E-state index in [9.17, 15) is 13.6 Å². The lowest BCUT2D eigenvalue weighted by Gasteiger charge is -2.11. The molecule has 6 heteroatoms. The van der Waals surface area contributed by atoms with Crippen molar-refractivity contribution in [1.29, 1.82) is 0 Å². The molecule has 0 saturated heterocycles. The third-order valence-electron chi connectivity index (χ3n) is 6.16. The monoisotopic (exact) mass is 495 g/mol. The number of benzene rings is 4. The van der Waals surface area contributed by atoms with Crippen LogP contribution >= 0.6 is 0 Å². The lowest BCUT2D eigenvalue weighted by Crippen LogP contribution is -2.10. The van der Waals surface area contributed by atoms with E-state index in [0.717, 1.165) is 45.8 Å². The fourth-order valence-corrected chi connectivity index (χ4v) is 4.26. The zero-order chi connectivity index (χ0) is 25.9. The number of ether oxygens (including phenoxy) is 1. The van der Waals surface area contributed by atoms with Gasteiger partial charge < -0.3 is 14.5 Å². The number of carbonyl (C=O) groups is 1. The molecule has 0 spiro atoms. The zero-order valence-corrected chi connectivity index (χ0v) is 20.2. The fourth-order valence-electron chi connectivity index (χ4n) is 4.26. The first kappa shape index (κ1) is 24.0. The summed E-state index contributed by atoms with van der Waals surface area (Å²) in [5, 5.41) is 3.24. The van der Waals surface area contributed by atoms with Gasteiger partial charge in [-0.1, -0.05) is 54.6 Å². The summed E-state index contributed by atoms with van der Waals surface area (Å²) in [5.74, 6) is -1.44. The average Bonchev–Trinajstić information content (AvgIpc) is 3.33. The first-order chi connectivity index (χ1) is 17.9. The van der Waals surface area contributed by atoms with Gasteiger partial charge in [0.2, 0.25) is 5.91 Å². The molecule has 184 valence electrons. The summed E-state index contributed by atoms with van der Waals surface area (Å²) in [6.07, 6.45) is 3.02. The van der Waals surface area contributed by atoms with Crippen LogP contribution in [0.5, 0.6) is 5.75 Å². The minimum Gasteiger partial charge on any atom is -0.496 e. The van der Waals surface area contributed by atoms with Gasteiger partial charge in [0.25, 0.3) is 0 Å². The van der Waals surface area contributed by atoms with Crippen LogP contribution in [0, 0.1) is 11.6 Å². The highest BCUT2D eigenvalue weighted by molar-refractivity contribution is 6.05. The molecule has 1 heterocycles. The number of carbonyl (C=O) groups excluding carboxylic acids is 1. The lowest BCUT2D eigenvalue weighted by molar-refractivity contribution is -0.111. The van der Waals surface area contributed by atoms with E-state index >= 15 is 0 Å². The number of halogens is 2. The number of allylic oxidation sites excluding steroid dienone is 1. The Morgan fingerprint density at radius 2 is 1.59 bits per heavy atom. The van der Waals surface area contributed by atoms with Crippen molar-refractivity contribution in [2.24, 2.45) is 0 Å². The third-order valence-corrected chi connectivity index (χ3v) is 6.16. The molecule has 0 aliphatic heterocycles. The second-order valence-corrected chi connectivity index (χ2v) is 8.58. The van der Waals surface area contributed by atoms with E-state index in [4.69, 9.17) is 9.15 Å². The Bertz CT molecular complexity index is 1620. The van der Waals surface area contributed by atoms with Crippen LogP contribution in [-0.2, 0) is 4.79 Å². The van der Waals surface area contributed by atoms with Crippen LogP contribution < -0.4 is 10.1 Å². The van der Waals surface area contributed by atoms with E-state index in [2.05, 4.69) is 29.6 Å². The van der Waals surface area contributed by atoms with Gasteiger partial charge in [-0.25, -0.2) is 8.78 Å². The Morgan fingerprint density at radius 3 is 2.32 bits per heavy atom. The summed E-state index contributed by atoms with van der Waals surface area (Å²) in [7, 11) is 1.53. The number of furan rings is 1. The van der Waals surface area contributed by atoms with Gasteiger partial charge in [0.1, 0.15) is 23.0 Å². The van der Waals surface area contributed by atoms with Gasteiger partial charge >= 0.3 is 0 Å². The van der Waals surface area contributed by atoms with Crippen molar-refractivity contribution in [1.82, 2.24) is 0 Å². The summed E-state index contributed by atoms with van der Waals surface area (Å²) in [5.41, 5.74) is 5.80. The van der Waals surface area contributed by atoms with E-state index in [1.165, 1.54) is 13.2 Å². The molecular formula is C31H23F2NO3. The number of methoxy groups -OCH3 is 1. The van der Waals surface area contributed by atoms with Gasteiger partial charge in [0.15, 0.2) is 0 Å². The molecular weight excluding hydrogens is 472 g/mol. The molecule has 4 nitrogen and oxygen atoms in total. The smallest absolute Gasteiger partial charge is 0.248 e. The Morgan fingerprint density at radius 1 is 0.892 bits per heavy atom. The number of anilines is 1. The van der Waals surface area contributed by atoms with Crippen molar-refractivity contribution in [3.05, 3.63) is 114 Å². The van der Waals surface area contributed by atoms with Gasteiger partial charge in [-0.2, -0.15) is 0 Å². The molecule has 5 rings (SSSR count). The van der Waals surface area contributed by atoms with Crippen molar-refractivity contribution in [2.75, 3.05) is 12.4 Å². The molecule has 0 fully saturated rings. The van der Waals surface area contributed by atoms with Crippen molar-refractivity contribution in [3.8, 4) is 28.0 Å². The Labute approximate surface area is 212 Å². The van der Waals surface area contributed by atoms with Crippen molar-refractivity contribution >= 4 is 28.1 Å². The van der Waals surface area contributed by atoms with Crippen LogP contribution in [0.15, 0.2) is 102 Å². The predicted octanol–water partition coefficient (Wildman–Crippen LogP) is 8.10. The molecule has 1 amide bonds. The van der Waals surface area contributed by atoms with Crippen LogP contribution in [-0.4, -0.2) is 13.0 Å². The number of hydrogen-bond donors (Lipinski definition) is 1. The second kappa shape index (κ2) is 10.1. The lowest BCUT2D eigenvalue weighted by atomic mass is 9.97. The van der Waals surface area contributed by atoms with Crippen LogP contribution in [0.2, 0.25) is 0 Å². The van der Waals surface area contributed by atoms with Gasteiger partial charge in [0, 0.05) is 34.7 Å². The topological polar surface area (TPSA) is 51.5 Å². The van der Waals surface area contributed by atoms with Crippen molar-refractivity contribution in [3.63, 3.8) is 0 Å². The molecule has 4 aromatic carbocycles. The van der Waals surface area contributed by atoms with E-state index in [1.807, 2.05) is 36.4 Å². The standard InChI is InChI=1S/C31H23F2NO3/c1-19(14-31(35)34-28-15-23(32)12-13-27(28)33)24-16-25-26(18-37-30(25)17-29(24)36-2)22-10-8-21(9-11-22)20-6-4-3-5-7-20/h3-18H,1-2H3,(H,34,35)/b19-14+. The summed E-state index contributed by atoms with van der Waals surface area (Å²) < 4.78 is 38.8. The molecule has 5 aromatic rings. The minimum atomic E-state index is -0.721. The molecule has 0 bridgehead atoms. The summed E-state index contributed by atoms with van der Waals surface area (Å²) in [4.78, 5) is 12.6. The maximum Gasteiger partial charge on any atom is 0.248 e. The van der Waals surface area contributed by atoms with Crippen molar-refractivity contribution < 1.29 is 22.7 Å². The highest BCUT2D eigenvalue weighted by Gasteiger charge is 2.16.